The van der Waals surface area contributed by atoms with Crippen LogP contribution in [0.4, 0.5) is 0 Å². The summed E-state index contributed by atoms with van der Waals surface area (Å²) in [5.41, 5.74) is 9.43. The van der Waals surface area contributed by atoms with Gasteiger partial charge in [-0.3, -0.25) is 0 Å². The van der Waals surface area contributed by atoms with Crippen molar-refractivity contribution in [3.63, 3.8) is 0 Å². The molecule has 0 spiro atoms. The number of nitrogens with zero attached hydrogens (tertiary/aromatic N) is 1. The molecule has 2 nitrogen and oxygen atoms in total. The maximum atomic E-state index is 6.07. The van der Waals surface area contributed by atoms with Crippen LogP contribution in [-0.2, 0) is 0 Å². The lowest BCUT2D eigenvalue weighted by Crippen LogP contribution is -2.38. The fourth-order valence-electron chi connectivity index (χ4n) is 2.79. The van der Waals surface area contributed by atoms with Crippen LogP contribution in [0, 0.1) is 10.8 Å². The van der Waals surface area contributed by atoms with Gasteiger partial charge in [-0.15, -0.1) is 0 Å². The minimum atomic E-state index is 0.210. The summed E-state index contributed by atoms with van der Waals surface area (Å²) in [5, 5.41) is 0. The van der Waals surface area contributed by atoms with E-state index in [-0.39, 0.29) is 10.8 Å². The number of rotatable bonds is 2. The Hall–Kier alpha value is -0.920. The molecule has 0 saturated carbocycles. The average Bonchev–Trinajstić information content (AvgIpc) is 2.36. The van der Waals surface area contributed by atoms with Gasteiger partial charge in [0.25, 0.3) is 0 Å². The number of hydrogen-bond acceptors (Lipinski definition) is 2. The third-order valence-electron chi connectivity index (χ3n) is 4.40. The van der Waals surface area contributed by atoms with Gasteiger partial charge in [0.2, 0.25) is 0 Å². The largest absolute Gasteiger partial charge is 0.385 e. The summed E-state index contributed by atoms with van der Waals surface area (Å²) >= 11 is 0. The minimum Gasteiger partial charge on any atom is -0.385 e. The Balaban J connectivity index is 0.00000154. The Bertz CT molecular complexity index is 359. The molecule has 0 unspecified atom stereocenters. The molecule has 2 N–H and O–H groups in total. The van der Waals surface area contributed by atoms with Crippen LogP contribution in [0.15, 0.2) is 23.2 Å². The van der Waals surface area contributed by atoms with E-state index < -0.39 is 0 Å². The Morgan fingerprint density at radius 3 is 1.95 bits per heavy atom. The Labute approximate surface area is 120 Å². The van der Waals surface area contributed by atoms with Gasteiger partial charge in [0, 0.05) is 18.2 Å². The fraction of sp³-hybridized carbons (Fsp3) is 0.765. The predicted molar refractivity (Wildman–Crippen MR) is 86.6 cm³/mol. The molecule has 2 heteroatoms. The van der Waals surface area contributed by atoms with Crippen molar-refractivity contribution < 1.29 is 0 Å². The number of allylic oxidation sites excluding steroid dienone is 3. The van der Waals surface area contributed by atoms with E-state index in [0.717, 1.165) is 5.82 Å². The van der Waals surface area contributed by atoms with E-state index in [1.165, 1.54) is 24.1 Å². The summed E-state index contributed by atoms with van der Waals surface area (Å²) in [6, 6.07) is 0. The minimum absolute atomic E-state index is 0.210. The van der Waals surface area contributed by atoms with Crippen LogP contribution in [0.2, 0.25) is 0 Å². The first-order chi connectivity index (χ1) is 8.63. The van der Waals surface area contributed by atoms with Crippen molar-refractivity contribution >= 4 is 0 Å². The van der Waals surface area contributed by atoms with E-state index in [1.807, 2.05) is 26.8 Å². The van der Waals surface area contributed by atoms with Crippen molar-refractivity contribution in [3.8, 4) is 0 Å². The molecule has 0 saturated heterocycles. The van der Waals surface area contributed by atoms with E-state index >= 15 is 0 Å². The van der Waals surface area contributed by atoms with Gasteiger partial charge in [0.15, 0.2) is 0 Å². The van der Waals surface area contributed by atoms with E-state index in [1.54, 1.807) is 0 Å². The maximum absolute atomic E-state index is 6.07. The molecule has 0 aromatic rings. The van der Waals surface area contributed by atoms with Gasteiger partial charge in [-0.25, -0.2) is 0 Å². The first kappa shape index (κ1) is 18.1. The van der Waals surface area contributed by atoms with E-state index in [2.05, 4.69) is 46.6 Å². The van der Waals surface area contributed by atoms with Crippen LogP contribution >= 0.6 is 0 Å². The molecule has 1 aliphatic carbocycles. The van der Waals surface area contributed by atoms with Crippen molar-refractivity contribution in [1.82, 2.24) is 4.90 Å². The Morgan fingerprint density at radius 1 is 1.11 bits per heavy atom. The third kappa shape index (κ3) is 3.77. The molecule has 0 atom stereocenters. The van der Waals surface area contributed by atoms with Crippen LogP contribution < -0.4 is 5.73 Å². The molecule has 0 radical (unpaired) electrons. The molecule has 0 aromatic heterocycles. The summed E-state index contributed by atoms with van der Waals surface area (Å²) in [7, 11) is 2.08. The van der Waals surface area contributed by atoms with Crippen LogP contribution in [0.25, 0.3) is 0 Å². The molecule has 0 heterocycles. The van der Waals surface area contributed by atoms with Crippen LogP contribution in [0.1, 0.15) is 68.2 Å². The highest BCUT2D eigenvalue weighted by Crippen LogP contribution is 2.49. The SMILES string of the molecule is C/C=C(\N)N(C)C1=C(C)C(C)(C)CCC1(C)C.CC. The van der Waals surface area contributed by atoms with Crippen LogP contribution in [0.5, 0.6) is 0 Å². The molecular weight excluding hydrogens is 232 g/mol. The van der Waals surface area contributed by atoms with Gasteiger partial charge in [-0.05, 0) is 43.8 Å². The fourth-order valence-corrected chi connectivity index (χ4v) is 2.79. The van der Waals surface area contributed by atoms with Crippen LogP contribution in [0.3, 0.4) is 0 Å². The van der Waals surface area contributed by atoms with E-state index in [9.17, 15) is 0 Å². The van der Waals surface area contributed by atoms with Crippen LogP contribution in [-0.4, -0.2) is 11.9 Å². The maximum Gasteiger partial charge on any atom is 0.0982 e. The number of hydrogen-bond donors (Lipinski definition) is 1. The molecule has 19 heavy (non-hydrogen) atoms. The lowest BCUT2D eigenvalue weighted by molar-refractivity contribution is 0.212. The van der Waals surface area contributed by atoms with Gasteiger partial charge in [0.05, 0.1) is 5.82 Å². The summed E-state index contributed by atoms with van der Waals surface area (Å²) < 4.78 is 0. The summed E-state index contributed by atoms with van der Waals surface area (Å²) in [5.74, 6) is 0.838. The first-order valence-corrected chi connectivity index (χ1v) is 7.51. The Kier molecular flexibility index (Phi) is 6.18. The second-order valence-corrected chi connectivity index (χ2v) is 6.51. The highest BCUT2D eigenvalue weighted by molar-refractivity contribution is 5.29. The molecular formula is C17H34N2. The molecule has 0 bridgehead atoms. The van der Waals surface area contributed by atoms with Crippen molar-refractivity contribution in [2.45, 2.75) is 68.2 Å². The highest BCUT2D eigenvalue weighted by atomic mass is 15.2. The zero-order valence-corrected chi connectivity index (χ0v) is 14.5. The van der Waals surface area contributed by atoms with Crippen molar-refractivity contribution in [2.75, 3.05) is 7.05 Å². The topological polar surface area (TPSA) is 29.3 Å². The van der Waals surface area contributed by atoms with Crippen molar-refractivity contribution in [2.24, 2.45) is 16.6 Å². The molecule has 112 valence electrons. The number of nitrogens with two attached hydrogens (primary N) is 1. The van der Waals surface area contributed by atoms with Gasteiger partial charge in [-0.2, -0.15) is 0 Å². The second kappa shape index (κ2) is 6.49. The smallest absolute Gasteiger partial charge is 0.0982 e. The van der Waals surface area contributed by atoms with E-state index in [4.69, 9.17) is 5.73 Å². The molecule has 0 aliphatic heterocycles. The summed E-state index contributed by atoms with van der Waals surface area (Å²) in [6.45, 7) is 17.5. The first-order valence-electron chi connectivity index (χ1n) is 7.51. The zero-order chi connectivity index (χ0) is 15.4. The molecule has 1 rings (SSSR count). The van der Waals surface area contributed by atoms with Gasteiger partial charge >= 0.3 is 0 Å². The quantitative estimate of drug-likeness (QED) is 0.771. The zero-order valence-electron chi connectivity index (χ0n) is 14.5. The van der Waals surface area contributed by atoms with Crippen molar-refractivity contribution in [3.05, 3.63) is 23.2 Å². The molecule has 0 amide bonds. The van der Waals surface area contributed by atoms with Gasteiger partial charge in [0.1, 0.15) is 0 Å². The summed E-state index contributed by atoms with van der Waals surface area (Å²) in [4.78, 5) is 2.16. The lowest BCUT2D eigenvalue weighted by atomic mass is 9.65. The lowest BCUT2D eigenvalue weighted by Gasteiger charge is -2.46. The predicted octanol–water partition coefficient (Wildman–Crippen LogP) is 4.88. The molecule has 1 aliphatic rings. The van der Waals surface area contributed by atoms with Gasteiger partial charge in [-0.1, -0.05) is 41.5 Å². The second-order valence-electron chi connectivity index (χ2n) is 6.51. The van der Waals surface area contributed by atoms with Crippen molar-refractivity contribution in [1.29, 1.82) is 0 Å². The van der Waals surface area contributed by atoms with Gasteiger partial charge < -0.3 is 10.6 Å². The highest BCUT2D eigenvalue weighted by Gasteiger charge is 2.39. The standard InChI is InChI=1S/C15H28N2.C2H6/c1-8-12(16)17(7)13-11(2)14(3,4)9-10-15(13,5)6;1-2/h8H,9-10,16H2,1-7H3;1-2H3/b12-8+;. The average molecular weight is 266 g/mol. The van der Waals surface area contributed by atoms with E-state index in [0.29, 0.717) is 0 Å². The normalized spacial score (nSPS) is 21.6. The molecule has 0 fully saturated rings. The monoisotopic (exact) mass is 266 g/mol. The third-order valence-corrected chi connectivity index (χ3v) is 4.40. The molecule has 0 aromatic carbocycles. The summed E-state index contributed by atoms with van der Waals surface area (Å²) in [6.07, 6.45) is 4.44. The Morgan fingerprint density at radius 2 is 1.53 bits per heavy atom.